The monoisotopic (exact) mass is 416 g/mol. The highest BCUT2D eigenvalue weighted by molar-refractivity contribution is 5.36. The topological polar surface area (TPSA) is 60.7 Å². The fraction of sp³-hybridized carbons (Fsp3) is 0.778. The number of allylic oxidation sites excluding steroid dienone is 4. The number of rotatable bonds is 7. The van der Waals surface area contributed by atoms with E-state index >= 15 is 0 Å². The van der Waals surface area contributed by atoms with E-state index in [2.05, 4.69) is 32.6 Å². The van der Waals surface area contributed by atoms with Gasteiger partial charge in [-0.15, -0.1) is 0 Å². The van der Waals surface area contributed by atoms with Gasteiger partial charge >= 0.3 is 0 Å². The first-order valence-corrected chi connectivity index (χ1v) is 12.3. The van der Waals surface area contributed by atoms with Crippen LogP contribution in [0.4, 0.5) is 0 Å². The van der Waals surface area contributed by atoms with Crippen LogP contribution in [0.5, 0.6) is 0 Å². The summed E-state index contributed by atoms with van der Waals surface area (Å²) in [5.74, 6) is 2.07. The Morgan fingerprint density at radius 3 is 2.73 bits per heavy atom. The highest BCUT2D eigenvalue weighted by Gasteiger charge is 2.50. The van der Waals surface area contributed by atoms with Crippen LogP contribution in [0, 0.1) is 23.2 Å². The third kappa shape index (κ3) is 5.29. The highest BCUT2D eigenvalue weighted by Crippen LogP contribution is 2.60. The molecule has 3 heteroatoms. The molecule has 0 saturated heterocycles. The van der Waals surface area contributed by atoms with Crippen molar-refractivity contribution in [3.8, 4) is 0 Å². The van der Waals surface area contributed by atoms with E-state index in [-0.39, 0.29) is 12.7 Å². The Morgan fingerprint density at radius 2 is 2.00 bits per heavy atom. The van der Waals surface area contributed by atoms with Gasteiger partial charge in [0.05, 0.1) is 18.3 Å². The van der Waals surface area contributed by atoms with Crippen LogP contribution in [-0.2, 0) is 0 Å². The lowest BCUT2D eigenvalue weighted by atomic mass is 9.60. The van der Waals surface area contributed by atoms with Gasteiger partial charge in [-0.25, -0.2) is 0 Å². The zero-order valence-electron chi connectivity index (χ0n) is 19.5. The van der Waals surface area contributed by atoms with Crippen molar-refractivity contribution >= 4 is 0 Å². The van der Waals surface area contributed by atoms with Gasteiger partial charge in [-0.05, 0) is 93.5 Å². The molecule has 6 atom stereocenters. The summed E-state index contributed by atoms with van der Waals surface area (Å²) in [6, 6.07) is 0. The average molecular weight is 417 g/mol. The summed E-state index contributed by atoms with van der Waals surface area (Å²) in [5.41, 5.74) is 3.50. The van der Waals surface area contributed by atoms with Crippen molar-refractivity contribution in [3.05, 3.63) is 35.5 Å². The first-order chi connectivity index (χ1) is 14.2. The quantitative estimate of drug-likeness (QED) is 0.498. The molecule has 0 aromatic carbocycles. The minimum absolute atomic E-state index is 0.155. The van der Waals surface area contributed by atoms with Crippen LogP contribution in [0.15, 0.2) is 35.5 Å². The molecule has 3 aliphatic carbocycles. The van der Waals surface area contributed by atoms with Gasteiger partial charge < -0.3 is 15.3 Å². The standard InChI is InChI=1S/C27H44O3/c1-19-9-12-23(29)17-22(19)11-10-21-8-6-16-27(4)24(13-14-25(21)27)20(2)7-5-15-26(3,30)18-28/h10-11,20,23-25,28-30H,1,5-9,12-18H2,2-4H3/b21-10+,22-11-/t20-,23+,24-,25+,26+,27-/m0/s1. The van der Waals surface area contributed by atoms with Gasteiger partial charge in [-0.3, -0.25) is 0 Å². The lowest BCUT2D eigenvalue weighted by Gasteiger charge is -2.44. The van der Waals surface area contributed by atoms with Crippen molar-refractivity contribution in [1.29, 1.82) is 0 Å². The molecule has 3 saturated carbocycles. The first kappa shape index (κ1) is 23.8. The van der Waals surface area contributed by atoms with Crippen LogP contribution in [0.3, 0.4) is 0 Å². The second-order valence-corrected chi connectivity index (χ2v) is 11.1. The molecule has 0 heterocycles. The van der Waals surface area contributed by atoms with Crippen molar-refractivity contribution in [2.24, 2.45) is 23.2 Å². The van der Waals surface area contributed by atoms with E-state index in [0.29, 0.717) is 23.7 Å². The molecule has 0 aliphatic heterocycles. The van der Waals surface area contributed by atoms with E-state index in [1.807, 2.05) is 0 Å². The minimum Gasteiger partial charge on any atom is -0.393 e. The Labute approximate surface area is 184 Å². The normalized spacial score (nSPS) is 37.9. The van der Waals surface area contributed by atoms with E-state index in [1.54, 1.807) is 12.5 Å². The van der Waals surface area contributed by atoms with Crippen molar-refractivity contribution in [2.45, 2.75) is 103 Å². The van der Waals surface area contributed by atoms with Gasteiger partial charge in [0.15, 0.2) is 0 Å². The highest BCUT2D eigenvalue weighted by atomic mass is 16.3. The van der Waals surface area contributed by atoms with E-state index in [1.165, 1.54) is 43.3 Å². The molecule has 3 fully saturated rings. The van der Waals surface area contributed by atoms with Crippen LogP contribution in [0.2, 0.25) is 0 Å². The van der Waals surface area contributed by atoms with E-state index in [0.717, 1.165) is 38.0 Å². The minimum atomic E-state index is -0.938. The number of fused-ring (bicyclic) bond motifs is 1. The molecule has 30 heavy (non-hydrogen) atoms. The largest absolute Gasteiger partial charge is 0.393 e. The van der Waals surface area contributed by atoms with Gasteiger partial charge in [0.1, 0.15) is 0 Å². The molecule has 0 radical (unpaired) electrons. The predicted octanol–water partition coefficient (Wildman–Crippen LogP) is 5.71. The number of aliphatic hydroxyl groups is 3. The van der Waals surface area contributed by atoms with Gasteiger partial charge in [0, 0.05) is 0 Å². The number of hydrogen-bond acceptors (Lipinski definition) is 3. The van der Waals surface area contributed by atoms with Crippen molar-refractivity contribution in [2.75, 3.05) is 6.61 Å². The second kappa shape index (κ2) is 9.71. The summed E-state index contributed by atoms with van der Waals surface area (Å²) in [6.07, 6.45) is 16.1. The maximum atomic E-state index is 10.1. The molecule has 3 aliphatic rings. The third-order valence-electron chi connectivity index (χ3n) is 8.63. The molecule has 3 N–H and O–H groups in total. The van der Waals surface area contributed by atoms with Crippen molar-refractivity contribution in [1.82, 2.24) is 0 Å². The zero-order chi connectivity index (χ0) is 21.9. The molecule has 3 rings (SSSR count). The predicted molar refractivity (Wildman–Crippen MR) is 124 cm³/mol. The summed E-state index contributed by atoms with van der Waals surface area (Å²) in [4.78, 5) is 0. The van der Waals surface area contributed by atoms with E-state index in [9.17, 15) is 15.3 Å². The summed E-state index contributed by atoms with van der Waals surface area (Å²) >= 11 is 0. The second-order valence-electron chi connectivity index (χ2n) is 11.1. The molecule has 0 unspecified atom stereocenters. The van der Waals surface area contributed by atoms with Crippen LogP contribution < -0.4 is 0 Å². The molecule has 0 amide bonds. The van der Waals surface area contributed by atoms with Crippen molar-refractivity contribution in [3.63, 3.8) is 0 Å². The van der Waals surface area contributed by atoms with Gasteiger partial charge in [0.2, 0.25) is 0 Å². The number of aliphatic hydroxyl groups excluding tert-OH is 2. The fourth-order valence-corrected chi connectivity index (χ4v) is 6.69. The average Bonchev–Trinajstić information content (AvgIpc) is 3.06. The Kier molecular flexibility index (Phi) is 7.69. The lowest BCUT2D eigenvalue weighted by molar-refractivity contribution is -0.00891. The molecule has 0 aromatic heterocycles. The number of hydrogen-bond donors (Lipinski definition) is 3. The summed E-state index contributed by atoms with van der Waals surface area (Å²) in [7, 11) is 0. The first-order valence-electron chi connectivity index (χ1n) is 12.3. The maximum absolute atomic E-state index is 10.1. The Hall–Kier alpha value is -0.900. The summed E-state index contributed by atoms with van der Waals surface area (Å²) in [5, 5.41) is 29.4. The molecule has 0 spiro atoms. The van der Waals surface area contributed by atoms with Crippen LogP contribution >= 0.6 is 0 Å². The van der Waals surface area contributed by atoms with E-state index in [4.69, 9.17) is 0 Å². The third-order valence-corrected chi connectivity index (χ3v) is 8.63. The fourth-order valence-electron chi connectivity index (χ4n) is 6.69. The molecular formula is C27H44O3. The van der Waals surface area contributed by atoms with Gasteiger partial charge in [-0.2, -0.15) is 0 Å². The molecule has 3 nitrogen and oxygen atoms in total. The van der Waals surface area contributed by atoms with E-state index < -0.39 is 5.60 Å². The Balaban J connectivity index is 1.66. The smallest absolute Gasteiger partial charge is 0.0849 e. The SMILES string of the molecule is C=C1CC[C@@H](O)C/C1=C/C=C1\CCC[C@]2(C)[C@@H]1CC[C@H]2[C@@H](C)CCC[C@@](C)(O)CO. The molecule has 0 bridgehead atoms. The Bertz CT molecular complexity index is 674. The molecular weight excluding hydrogens is 372 g/mol. The van der Waals surface area contributed by atoms with Gasteiger partial charge in [-0.1, -0.05) is 56.6 Å². The lowest BCUT2D eigenvalue weighted by Crippen LogP contribution is -2.36. The molecule has 0 aromatic rings. The molecule has 170 valence electrons. The maximum Gasteiger partial charge on any atom is 0.0849 e. The van der Waals surface area contributed by atoms with Crippen LogP contribution in [0.25, 0.3) is 0 Å². The van der Waals surface area contributed by atoms with Crippen LogP contribution in [0.1, 0.15) is 91.4 Å². The van der Waals surface area contributed by atoms with Crippen molar-refractivity contribution < 1.29 is 15.3 Å². The zero-order valence-corrected chi connectivity index (χ0v) is 19.5. The van der Waals surface area contributed by atoms with Crippen LogP contribution in [-0.4, -0.2) is 33.6 Å². The summed E-state index contributed by atoms with van der Waals surface area (Å²) < 4.78 is 0. The Morgan fingerprint density at radius 1 is 1.23 bits per heavy atom. The summed E-state index contributed by atoms with van der Waals surface area (Å²) in [6.45, 7) is 10.7. The van der Waals surface area contributed by atoms with Gasteiger partial charge in [0.25, 0.3) is 0 Å².